The number of hydrogen-bond donors (Lipinski definition) is 1. The highest BCUT2D eigenvalue weighted by molar-refractivity contribution is 7.99. The fourth-order valence-corrected chi connectivity index (χ4v) is 4.12. The maximum atomic E-state index is 6.33. The first-order chi connectivity index (χ1) is 8.19. The van der Waals surface area contributed by atoms with Gasteiger partial charge >= 0.3 is 0 Å². The van der Waals surface area contributed by atoms with Crippen LogP contribution in [0.3, 0.4) is 0 Å². The predicted octanol–water partition coefficient (Wildman–Crippen LogP) is 3.04. The summed E-state index contributed by atoms with van der Waals surface area (Å²) in [5, 5.41) is 0. The molecule has 3 heteroatoms. The second kappa shape index (κ2) is 4.21. The lowest BCUT2D eigenvalue weighted by Crippen LogP contribution is -2.45. The molecule has 2 nitrogen and oxygen atoms in total. The Balaban J connectivity index is 1.94. The van der Waals surface area contributed by atoms with Crippen molar-refractivity contribution in [3.8, 4) is 5.75 Å². The van der Waals surface area contributed by atoms with Crippen molar-refractivity contribution in [3.63, 3.8) is 0 Å². The zero-order valence-electron chi connectivity index (χ0n) is 10.2. The van der Waals surface area contributed by atoms with Crippen molar-refractivity contribution in [1.29, 1.82) is 0 Å². The number of hydrogen-bond acceptors (Lipinski definition) is 3. The summed E-state index contributed by atoms with van der Waals surface area (Å²) in [5.41, 5.74) is 8.81. The van der Waals surface area contributed by atoms with Gasteiger partial charge in [0.2, 0.25) is 0 Å². The van der Waals surface area contributed by atoms with Gasteiger partial charge in [0.1, 0.15) is 11.4 Å². The van der Waals surface area contributed by atoms with Gasteiger partial charge in [-0.05, 0) is 37.3 Å². The Labute approximate surface area is 107 Å². The van der Waals surface area contributed by atoms with Crippen LogP contribution in [0.4, 0.5) is 0 Å². The Morgan fingerprint density at radius 3 is 2.88 bits per heavy atom. The molecule has 92 valence electrons. The number of rotatable bonds is 0. The maximum absolute atomic E-state index is 6.33. The minimum absolute atomic E-state index is 0.0208. The van der Waals surface area contributed by atoms with Crippen molar-refractivity contribution < 1.29 is 4.74 Å². The van der Waals surface area contributed by atoms with E-state index in [1.165, 1.54) is 22.6 Å². The molecule has 2 aliphatic heterocycles. The van der Waals surface area contributed by atoms with Gasteiger partial charge in [-0.15, -0.1) is 0 Å². The van der Waals surface area contributed by atoms with Crippen LogP contribution in [0.25, 0.3) is 0 Å². The molecule has 17 heavy (non-hydrogen) atoms. The summed E-state index contributed by atoms with van der Waals surface area (Å²) < 4.78 is 6.29. The molecule has 0 saturated carbocycles. The highest BCUT2D eigenvalue weighted by Crippen LogP contribution is 2.44. The van der Waals surface area contributed by atoms with Gasteiger partial charge < -0.3 is 10.5 Å². The Morgan fingerprint density at radius 1 is 1.35 bits per heavy atom. The molecule has 1 aromatic carbocycles. The lowest BCUT2D eigenvalue weighted by molar-refractivity contribution is 0.0279. The minimum atomic E-state index is 0.0208. The molecule has 2 heterocycles. The fraction of sp³-hybridized carbons (Fsp3) is 0.571. The third-order valence-electron chi connectivity index (χ3n) is 3.89. The molecule has 0 bridgehead atoms. The van der Waals surface area contributed by atoms with Crippen LogP contribution in [0, 0.1) is 6.92 Å². The molecule has 0 amide bonds. The molecule has 1 fully saturated rings. The van der Waals surface area contributed by atoms with Gasteiger partial charge in [0.05, 0.1) is 0 Å². The molecule has 2 N–H and O–H groups in total. The first-order valence-corrected chi connectivity index (χ1v) is 7.47. The molecule has 0 unspecified atom stereocenters. The molecule has 0 aromatic heterocycles. The standard InChI is InChI=1S/C14H19NOS/c1-10-2-3-13-11(8-10)12(15)9-14(16-13)4-6-17-7-5-14/h2-3,8,12H,4-7,9,15H2,1H3/t12-/m0/s1. The third kappa shape index (κ3) is 2.06. The van der Waals surface area contributed by atoms with Gasteiger partial charge in [-0.1, -0.05) is 17.7 Å². The van der Waals surface area contributed by atoms with E-state index in [1.54, 1.807) is 0 Å². The lowest BCUT2D eigenvalue weighted by atomic mass is 9.83. The average molecular weight is 249 g/mol. The zero-order valence-corrected chi connectivity index (χ0v) is 11.1. The van der Waals surface area contributed by atoms with Crippen LogP contribution in [0.15, 0.2) is 18.2 Å². The molecule has 0 aliphatic carbocycles. The SMILES string of the molecule is Cc1ccc2c(c1)[C@@H](N)CC1(CCSCC1)O2. The van der Waals surface area contributed by atoms with Crippen LogP contribution in [-0.2, 0) is 0 Å². The number of fused-ring (bicyclic) bond motifs is 1. The van der Waals surface area contributed by atoms with Gasteiger partial charge in [-0.2, -0.15) is 11.8 Å². The van der Waals surface area contributed by atoms with E-state index >= 15 is 0 Å². The van der Waals surface area contributed by atoms with Crippen molar-refractivity contribution in [2.75, 3.05) is 11.5 Å². The highest BCUT2D eigenvalue weighted by atomic mass is 32.2. The van der Waals surface area contributed by atoms with E-state index in [2.05, 4.69) is 25.1 Å². The van der Waals surface area contributed by atoms with Crippen molar-refractivity contribution in [3.05, 3.63) is 29.3 Å². The van der Waals surface area contributed by atoms with Crippen LogP contribution in [-0.4, -0.2) is 17.1 Å². The topological polar surface area (TPSA) is 35.2 Å². The quantitative estimate of drug-likeness (QED) is 0.767. The minimum Gasteiger partial charge on any atom is -0.487 e. The monoisotopic (exact) mass is 249 g/mol. The molecule has 0 radical (unpaired) electrons. The Morgan fingerprint density at radius 2 is 2.12 bits per heavy atom. The summed E-state index contributed by atoms with van der Waals surface area (Å²) in [4.78, 5) is 0. The highest BCUT2D eigenvalue weighted by Gasteiger charge is 2.40. The summed E-state index contributed by atoms with van der Waals surface area (Å²) in [6.07, 6.45) is 3.25. The van der Waals surface area contributed by atoms with Crippen molar-refractivity contribution in [2.45, 2.75) is 37.8 Å². The number of ether oxygens (including phenoxy) is 1. The van der Waals surface area contributed by atoms with E-state index in [0.29, 0.717) is 0 Å². The van der Waals surface area contributed by atoms with E-state index in [0.717, 1.165) is 25.0 Å². The maximum Gasteiger partial charge on any atom is 0.124 e. The van der Waals surface area contributed by atoms with Crippen molar-refractivity contribution >= 4 is 11.8 Å². The molecular formula is C14H19NOS. The van der Waals surface area contributed by atoms with Gasteiger partial charge in [0.25, 0.3) is 0 Å². The number of thioether (sulfide) groups is 1. The number of nitrogens with two attached hydrogens (primary N) is 1. The molecule has 1 saturated heterocycles. The first kappa shape index (κ1) is 11.4. The first-order valence-electron chi connectivity index (χ1n) is 6.31. The van der Waals surface area contributed by atoms with E-state index in [-0.39, 0.29) is 11.6 Å². The second-order valence-electron chi connectivity index (χ2n) is 5.25. The third-order valence-corrected chi connectivity index (χ3v) is 4.87. The van der Waals surface area contributed by atoms with Crippen LogP contribution in [0.5, 0.6) is 5.75 Å². The lowest BCUT2D eigenvalue weighted by Gasteiger charge is -2.43. The number of benzene rings is 1. The van der Waals surface area contributed by atoms with Crippen LogP contribution in [0.2, 0.25) is 0 Å². The van der Waals surface area contributed by atoms with Crippen molar-refractivity contribution in [2.24, 2.45) is 5.73 Å². The number of aryl methyl sites for hydroxylation is 1. The smallest absolute Gasteiger partial charge is 0.124 e. The summed E-state index contributed by atoms with van der Waals surface area (Å²) in [7, 11) is 0. The summed E-state index contributed by atoms with van der Waals surface area (Å²) >= 11 is 2.03. The molecule has 1 atom stereocenters. The van der Waals surface area contributed by atoms with E-state index in [4.69, 9.17) is 10.5 Å². The predicted molar refractivity (Wildman–Crippen MR) is 72.6 cm³/mol. The molecule has 3 rings (SSSR count). The van der Waals surface area contributed by atoms with Crippen LogP contribution >= 0.6 is 11.8 Å². The van der Waals surface area contributed by atoms with E-state index in [9.17, 15) is 0 Å². The molecule has 1 spiro atoms. The Kier molecular flexibility index (Phi) is 2.83. The van der Waals surface area contributed by atoms with Gasteiger partial charge in [0.15, 0.2) is 0 Å². The average Bonchev–Trinajstić information content (AvgIpc) is 2.31. The van der Waals surface area contributed by atoms with Gasteiger partial charge in [-0.25, -0.2) is 0 Å². The summed E-state index contributed by atoms with van der Waals surface area (Å²) in [6, 6.07) is 6.52. The largest absolute Gasteiger partial charge is 0.487 e. The second-order valence-corrected chi connectivity index (χ2v) is 6.47. The van der Waals surface area contributed by atoms with Gasteiger partial charge in [-0.3, -0.25) is 0 Å². The van der Waals surface area contributed by atoms with Crippen LogP contribution < -0.4 is 10.5 Å². The van der Waals surface area contributed by atoms with Gasteiger partial charge in [0, 0.05) is 18.0 Å². The Hall–Kier alpha value is -0.670. The molecular weight excluding hydrogens is 230 g/mol. The Bertz CT molecular complexity index is 426. The zero-order chi connectivity index (χ0) is 11.9. The molecule has 1 aromatic rings. The summed E-state index contributed by atoms with van der Waals surface area (Å²) in [6.45, 7) is 2.11. The normalized spacial score (nSPS) is 26.4. The van der Waals surface area contributed by atoms with E-state index in [1.807, 2.05) is 11.8 Å². The van der Waals surface area contributed by atoms with E-state index < -0.39 is 0 Å². The fourth-order valence-electron chi connectivity index (χ4n) is 2.89. The summed E-state index contributed by atoms with van der Waals surface area (Å²) in [5.74, 6) is 3.42. The van der Waals surface area contributed by atoms with Crippen molar-refractivity contribution in [1.82, 2.24) is 0 Å². The molecule has 2 aliphatic rings. The van der Waals surface area contributed by atoms with Crippen LogP contribution in [0.1, 0.15) is 36.4 Å².